The number of carbonyl (C=O) groups is 2. The molecule has 2 amide bonds. The standard InChI is InChI=1S/C26H29N7O3/c1-15-22(26(36)29-18-9-11-27-12-10-18)23(33-32-15)24-30-19-8-7-17(13-20(19)31-24)25(35)28-14-21(34)16-5-3-2-4-6-16/h2-8,13,18,21,27,34H,9-12,14H2,1H3,(H,28,35)(H,29,36)(H,30,31)(H,32,33). The molecule has 2 aromatic carbocycles. The molecule has 6 N–H and O–H groups in total. The van der Waals surface area contributed by atoms with Crippen LogP contribution in [0.5, 0.6) is 0 Å². The second-order valence-corrected chi connectivity index (χ2v) is 9.02. The summed E-state index contributed by atoms with van der Waals surface area (Å²) in [5, 5.41) is 26.7. The number of aromatic amines is 2. The first-order valence-electron chi connectivity index (χ1n) is 12.1. The van der Waals surface area contributed by atoms with Crippen LogP contribution < -0.4 is 16.0 Å². The van der Waals surface area contributed by atoms with Gasteiger partial charge in [0.1, 0.15) is 5.69 Å². The zero-order chi connectivity index (χ0) is 25.1. The van der Waals surface area contributed by atoms with E-state index in [-0.39, 0.29) is 24.4 Å². The van der Waals surface area contributed by atoms with Gasteiger partial charge in [0.05, 0.1) is 22.7 Å². The Bertz CT molecular complexity index is 1370. The number of aryl methyl sites for hydroxylation is 1. The van der Waals surface area contributed by atoms with Gasteiger partial charge in [0.2, 0.25) is 0 Å². The number of fused-ring (bicyclic) bond motifs is 1. The van der Waals surface area contributed by atoms with Crippen LogP contribution in [0.1, 0.15) is 50.9 Å². The van der Waals surface area contributed by atoms with Crippen LogP contribution >= 0.6 is 0 Å². The minimum Gasteiger partial charge on any atom is -0.387 e. The van der Waals surface area contributed by atoms with Crippen LogP contribution in [0.4, 0.5) is 0 Å². The normalized spacial score (nSPS) is 15.1. The summed E-state index contributed by atoms with van der Waals surface area (Å²) >= 11 is 0. The zero-order valence-electron chi connectivity index (χ0n) is 20.0. The molecular formula is C26H29N7O3. The number of hydrogen-bond donors (Lipinski definition) is 6. The lowest BCUT2D eigenvalue weighted by atomic mass is 10.1. The van der Waals surface area contributed by atoms with Crippen molar-refractivity contribution in [2.24, 2.45) is 0 Å². The number of rotatable bonds is 7. The van der Waals surface area contributed by atoms with Crippen molar-refractivity contribution in [1.82, 2.24) is 36.1 Å². The predicted molar refractivity (Wildman–Crippen MR) is 136 cm³/mol. The van der Waals surface area contributed by atoms with Gasteiger partial charge in [-0.25, -0.2) is 4.98 Å². The van der Waals surface area contributed by atoms with Crippen molar-refractivity contribution < 1.29 is 14.7 Å². The summed E-state index contributed by atoms with van der Waals surface area (Å²) in [5.74, 6) is -0.0387. The molecule has 36 heavy (non-hydrogen) atoms. The van der Waals surface area contributed by atoms with Gasteiger partial charge < -0.3 is 26.0 Å². The Morgan fingerprint density at radius 1 is 1.11 bits per heavy atom. The minimum absolute atomic E-state index is 0.0944. The quantitative estimate of drug-likeness (QED) is 0.235. The van der Waals surface area contributed by atoms with Crippen LogP contribution in [0.15, 0.2) is 48.5 Å². The van der Waals surface area contributed by atoms with Gasteiger partial charge in [0, 0.05) is 23.8 Å². The fourth-order valence-corrected chi connectivity index (χ4v) is 4.45. The molecule has 10 nitrogen and oxygen atoms in total. The molecular weight excluding hydrogens is 458 g/mol. The molecule has 1 unspecified atom stereocenters. The summed E-state index contributed by atoms with van der Waals surface area (Å²) in [7, 11) is 0. The molecule has 0 bridgehead atoms. The molecule has 1 aliphatic heterocycles. The maximum Gasteiger partial charge on any atom is 0.255 e. The Hall–Kier alpha value is -4.02. The summed E-state index contributed by atoms with van der Waals surface area (Å²) in [6.07, 6.45) is 0.973. The van der Waals surface area contributed by atoms with E-state index >= 15 is 0 Å². The molecule has 3 heterocycles. The lowest BCUT2D eigenvalue weighted by molar-refractivity contribution is 0.0913. The number of benzene rings is 2. The molecule has 0 spiro atoms. The fraction of sp³-hybridized carbons (Fsp3) is 0.308. The third-order valence-electron chi connectivity index (χ3n) is 6.46. The van der Waals surface area contributed by atoms with E-state index in [4.69, 9.17) is 0 Å². The highest BCUT2D eigenvalue weighted by atomic mass is 16.3. The number of amides is 2. The van der Waals surface area contributed by atoms with Crippen LogP contribution in [-0.2, 0) is 0 Å². The molecule has 1 fully saturated rings. The molecule has 4 aromatic rings. The fourth-order valence-electron chi connectivity index (χ4n) is 4.45. The molecule has 0 aliphatic carbocycles. The monoisotopic (exact) mass is 487 g/mol. The van der Waals surface area contributed by atoms with E-state index in [2.05, 4.69) is 36.1 Å². The number of nitrogens with zero attached hydrogens (tertiary/aromatic N) is 2. The number of imidazole rings is 1. The number of piperidine rings is 1. The zero-order valence-corrected chi connectivity index (χ0v) is 20.0. The average Bonchev–Trinajstić information content (AvgIpc) is 3.50. The smallest absolute Gasteiger partial charge is 0.255 e. The third kappa shape index (κ3) is 5.00. The molecule has 1 atom stereocenters. The lowest BCUT2D eigenvalue weighted by Crippen LogP contribution is -2.42. The largest absolute Gasteiger partial charge is 0.387 e. The summed E-state index contributed by atoms with van der Waals surface area (Å²) in [4.78, 5) is 33.6. The van der Waals surface area contributed by atoms with E-state index < -0.39 is 6.10 Å². The molecule has 1 saturated heterocycles. The van der Waals surface area contributed by atoms with Crippen molar-refractivity contribution in [3.8, 4) is 11.5 Å². The Labute approximate surface area is 207 Å². The van der Waals surface area contributed by atoms with Crippen LogP contribution in [0, 0.1) is 6.92 Å². The third-order valence-corrected chi connectivity index (χ3v) is 6.46. The van der Waals surface area contributed by atoms with Crippen LogP contribution in [0.25, 0.3) is 22.6 Å². The summed E-state index contributed by atoms with van der Waals surface area (Å²) < 4.78 is 0. The molecule has 0 radical (unpaired) electrons. The van der Waals surface area contributed by atoms with Crippen LogP contribution in [0.2, 0.25) is 0 Å². The van der Waals surface area contributed by atoms with E-state index in [1.807, 2.05) is 37.3 Å². The van der Waals surface area contributed by atoms with Crippen molar-refractivity contribution >= 4 is 22.8 Å². The number of carbonyl (C=O) groups excluding carboxylic acids is 2. The second kappa shape index (κ2) is 10.3. The molecule has 10 heteroatoms. The van der Waals surface area contributed by atoms with Crippen molar-refractivity contribution in [2.45, 2.75) is 31.9 Å². The minimum atomic E-state index is -0.796. The van der Waals surface area contributed by atoms with Crippen LogP contribution in [0.3, 0.4) is 0 Å². The van der Waals surface area contributed by atoms with Crippen molar-refractivity contribution in [1.29, 1.82) is 0 Å². The number of nitrogens with one attached hydrogen (secondary N) is 5. The topological polar surface area (TPSA) is 148 Å². The summed E-state index contributed by atoms with van der Waals surface area (Å²) in [6.45, 7) is 3.67. The van der Waals surface area contributed by atoms with Gasteiger partial charge in [0.15, 0.2) is 5.82 Å². The lowest BCUT2D eigenvalue weighted by Gasteiger charge is -2.23. The highest BCUT2D eigenvalue weighted by Gasteiger charge is 2.24. The molecule has 1 aliphatic rings. The second-order valence-electron chi connectivity index (χ2n) is 9.02. The number of hydrogen-bond acceptors (Lipinski definition) is 6. The van der Waals surface area contributed by atoms with E-state index in [9.17, 15) is 14.7 Å². The van der Waals surface area contributed by atoms with Gasteiger partial charge in [-0.2, -0.15) is 5.10 Å². The molecule has 2 aromatic heterocycles. The SMILES string of the molecule is Cc1[nH]nc(-c2nc3ccc(C(=O)NCC(O)c4ccccc4)cc3[nH]2)c1C(=O)NC1CCNCC1. The first-order chi connectivity index (χ1) is 17.5. The van der Waals surface area contributed by atoms with Crippen molar-refractivity contribution in [3.63, 3.8) is 0 Å². The number of H-pyrrole nitrogens is 2. The van der Waals surface area contributed by atoms with Gasteiger partial charge in [-0.1, -0.05) is 30.3 Å². The maximum absolute atomic E-state index is 13.1. The van der Waals surface area contributed by atoms with Gasteiger partial charge >= 0.3 is 0 Å². The Morgan fingerprint density at radius 3 is 2.67 bits per heavy atom. The Balaban J connectivity index is 1.32. The number of aliphatic hydroxyl groups excluding tert-OH is 1. The van der Waals surface area contributed by atoms with E-state index in [0.717, 1.165) is 31.5 Å². The van der Waals surface area contributed by atoms with Gasteiger partial charge in [-0.3, -0.25) is 14.7 Å². The Kier molecular flexibility index (Phi) is 6.79. The van der Waals surface area contributed by atoms with Crippen molar-refractivity contribution in [2.75, 3.05) is 19.6 Å². The highest BCUT2D eigenvalue weighted by Crippen LogP contribution is 2.25. The van der Waals surface area contributed by atoms with Gasteiger partial charge in [-0.05, 0) is 56.6 Å². The molecule has 186 valence electrons. The molecule has 5 rings (SSSR count). The van der Waals surface area contributed by atoms with E-state index in [1.54, 1.807) is 18.2 Å². The first kappa shape index (κ1) is 23.7. The maximum atomic E-state index is 13.1. The molecule has 0 saturated carbocycles. The van der Waals surface area contributed by atoms with Gasteiger partial charge in [-0.15, -0.1) is 0 Å². The van der Waals surface area contributed by atoms with Crippen LogP contribution in [-0.4, -0.2) is 62.8 Å². The predicted octanol–water partition coefficient (Wildman–Crippen LogP) is 2.21. The van der Waals surface area contributed by atoms with Crippen molar-refractivity contribution in [3.05, 3.63) is 70.9 Å². The number of aromatic nitrogens is 4. The average molecular weight is 488 g/mol. The summed E-state index contributed by atoms with van der Waals surface area (Å²) in [5.41, 5.74) is 4.02. The Morgan fingerprint density at radius 2 is 1.89 bits per heavy atom. The highest BCUT2D eigenvalue weighted by molar-refractivity contribution is 6.01. The van der Waals surface area contributed by atoms with Gasteiger partial charge in [0.25, 0.3) is 11.8 Å². The summed E-state index contributed by atoms with van der Waals surface area (Å²) in [6, 6.07) is 14.4. The van der Waals surface area contributed by atoms with E-state index in [1.165, 1.54) is 0 Å². The first-order valence-corrected chi connectivity index (χ1v) is 12.1. The number of aliphatic hydroxyl groups is 1. The van der Waals surface area contributed by atoms with E-state index in [0.29, 0.717) is 39.4 Å².